The quantitative estimate of drug-likeness (QED) is 0.662. The Morgan fingerprint density at radius 1 is 1.00 bits per heavy atom. The highest BCUT2D eigenvalue weighted by molar-refractivity contribution is 6.31. The molecule has 0 bridgehead atoms. The van der Waals surface area contributed by atoms with Gasteiger partial charge >= 0.3 is 11.9 Å². The molecular formula is C17H11ClN2O4. The van der Waals surface area contributed by atoms with Crippen molar-refractivity contribution >= 4 is 45.8 Å². The van der Waals surface area contributed by atoms with Crippen LogP contribution in [0.1, 0.15) is 20.7 Å². The van der Waals surface area contributed by atoms with Crippen molar-refractivity contribution in [1.29, 1.82) is 0 Å². The van der Waals surface area contributed by atoms with Gasteiger partial charge in [0.1, 0.15) is 5.56 Å². The number of fused-ring (bicyclic) bond motifs is 1. The van der Waals surface area contributed by atoms with Crippen LogP contribution in [-0.2, 0) is 0 Å². The first-order valence-corrected chi connectivity index (χ1v) is 7.26. The van der Waals surface area contributed by atoms with E-state index < -0.39 is 11.9 Å². The molecule has 0 saturated carbocycles. The van der Waals surface area contributed by atoms with Crippen molar-refractivity contribution in [1.82, 2.24) is 4.98 Å². The SMILES string of the molecule is O=C(O)c1ccccc1Nc1c(C(=O)O)cnc2cc(Cl)ccc12. The van der Waals surface area contributed by atoms with Crippen molar-refractivity contribution in [2.75, 3.05) is 5.32 Å². The highest BCUT2D eigenvalue weighted by atomic mass is 35.5. The maximum absolute atomic E-state index is 11.5. The van der Waals surface area contributed by atoms with Crippen LogP contribution in [0.4, 0.5) is 11.4 Å². The zero-order valence-corrected chi connectivity index (χ0v) is 12.9. The predicted molar refractivity (Wildman–Crippen MR) is 90.4 cm³/mol. The Kier molecular flexibility index (Phi) is 4.05. The number of para-hydroxylation sites is 1. The molecule has 1 heterocycles. The number of nitrogens with one attached hydrogen (secondary N) is 1. The van der Waals surface area contributed by atoms with E-state index in [4.69, 9.17) is 11.6 Å². The first-order chi connectivity index (χ1) is 11.5. The van der Waals surface area contributed by atoms with Gasteiger partial charge in [-0.05, 0) is 30.3 Å². The van der Waals surface area contributed by atoms with Gasteiger partial charge in [0.15, 0.2) is 0 Å². The summed E-state index contributed by atoms with van der Waals surface area (Å²) in [7, 11) is 0. The minimum atomic E-state index is -1.17. The number of hydrogen-bond donors (Lipinski definition) is 3. The molecule has 0 fully saturated rings. The zero-order valence-electron chi connectivity index (χ0n) is 12.2. The molecule has 3 N–H and O–H groups in total. The average molecular weight is 343 g/mol. The highest BCUT2D eigenvalue weighted by Crippen LogP contribution is 2.31. The van der Waals surface area contributed by atoms with E-state index in [2.05, 4.69) is 10.3 Å². The predicted octanol–water partition coefficient (Wildman–Crippen LogP) is 4.03. The Labute approximate surface area is 141 Å². The Hall–Kier alpha value is -3.12. The summed E-state index contributed by atoms with van der Waals surface area (Å²) in [6.07, 6.45) is 1.21. The smallest absolute Gasteiger partial charge is 0.339 e. The normalized spacial score (nSPS) is 10.5. The van der Waals surface area contributed by atoms with Crippen LogP contribution < -0.4 is 5.32 Å². The van der Waals surface area contributed by atoms with Crippen LogP contribution in [-0.4, -0.2) is 27.1 Å². The molecule has 3 aromatic rings. The third-order valence-electron chi connectivity index (χ3n) is 3.48. The minimum absolute atomic E-state index is 0.0350. The van der Waals surface area contributed by atoms with Gasteiger partial charge in [0.2, 0.25) is 0 Å². The van der Waals surface area contributed by atoms with Crippen molar-refractivity contribution in [3.8, 4) is 0 Å². The molecule has 0 saturated heterocycles. The van der Waals surface area contributed by atoms with Crippen LogP contribution in [0.15, 0.2) is 48.7 Å². The lowest BCUT2D eigenvalue weighted by Crippen LogP contribution is -2.07. The van der Waals surface area contributed by atoms with Crippen LogP contribution in [0.2, 0.25) is 5.02 Å². The summed E-state index contributed by atoms with van der Waals surface area (Å²) in [5.74, 6) is -2.29. The van der Waals surface area contributed by atoms with Gasteiger partial charge in [-0.25, -0.2) is 9.59 Å². The number of halogens is 1. The van der Waals surface area contributed by atoms with Gasteiger partial charge in [0, 0.05) is 16.6 Å². The van der Waals surface area contributed by atoms with E-state index in [9.17, 15) is 19.8 Å². The molecule has 2 aromatic carbocycles. The topological polar surface area (TPSA) is 99.5 Å². The Morgan fingerprint density at radius 2 is 1.71 bits per heavy atom. The molecule has 7 heteroatoms. The summed E-state index contributed by atoms with van der Waals surface area (Å²) in [4.78, 5) is 27.0. The number of hydrogen-bond acceptors (Lipinski definition) is 4. The van der Waals surface area contributed by atoms with Crippen LogP contribution in [0.3, 0.4) is 0 Å². The molecule has 6 nitrogen and oxygen atoms in total. The number of nitrogens with zero attached hydrogens (tertiary/aromatic N) is 1. The number of carboxylic acid groups (broad SMARTS) is 2. The van der Waals surface area contributed by atoms with E-state index in [0.29, 0.717) is 15.9 Å². The number of aromatic nitrogens is 1. The van der Waals surface area contributed by atoms with Crippen molar-refractivity contribution in [2.24, 2.45) is 0 Å². The number of pyridine rings is 1. The maximum atomic E-state index is 11.5. The van der Waals surface area contributed by atoms with Gasteiger partial charge in [-0.1, -0.05) is 23.7 Å². The van der Waals surface area contributed by atoms with Gasteiger partial charge in [-0.15, -0.1) is 0 Å². The fourth-order valence-electron chi connectivity index (χ4n) is 2.38. The van der Waals surface area contributed by atoms with Crippen LogP contribution in [0.5, 0.6) is 0 Å². The van der Waals surface area contributed by atoms with E-state index in [1.807, 2.05) is 0 Å². The van der Waals surface area contributed by atoms with E-state index in [-0.39, 0.29) is 22.5 Å². The van der Waals surface area contributed by atoms with Crippen LogP contribution in [0.25, 0.3) is 10.9 Å². The summed E-state index contributed by atoms with van der Waals surface area (Å²) in [6, 6.07) is 11.1. The van der Waals surface area contributed by atoms with E-state index >= 15 is 0 Å². The molecule has 1 aromatic heterocycles. The lowest BCUT2D eigenvalue weighted by atomic mass is 10.1. The zero-order chi connectivity index (χ0) is 17.3. The lowest BCUT2D eigenvalue weighted by Gasteiger charge is -2.14. The van der Waals surface area contributed by atoms with Crippen molar-refractivity contribution < 1.29 is 19.8 Å². The van der Waals surface area contributed by atoms with Gasteiger partial charge in [0.05, 0.1) is 22.5 Å². The molecule has 0 radical (unpaired) electrons. The van der Waals surface area contributed by atoms with Crippen molar-refractivity contribution in [2.45, 2.75) is 0 Å². The fraction of sp³-hybridized carbons (Fsp3) is 0. The molecule has 3 rings (SSSR count). The molecule has 0 aliphatic carbocycles. The summed E-state index contributed by atoms with van der Waals surface area (Å²) >= 11 is 5.95. The van der Waals surface area contributed by atoms with E-state index in [1.54, 1.807) is 36.4 Å². The summed E-state index contributed by atoms with van der Waals surface area (Å²) in [5.41, 5.74) is 1.02. The Morgan fingerprint density at radius 3 is 2.42 bits per heavy atom. The molecular weight excluding hydrogens is 332 g/mol. The number of benzene rings is 2. The molecule has 0 aliphatic rings. The molecule has 120 valence electrons. The molecule has 0 aliphatic heterocycles. The van der Waals surface area contributed by atoms with Crippen LogP contribution in [0, 0.1) is 0 Å². The number of anilines is 2. The van der Waals surface area contributed by atoms with Gasteiger partial charge in [-0.2, -0.15) is 0 Å². The number of carboxylic acids is 2. The number of carbonyl (C=O) groups is 2. The lowest BCUT2D eigenvalue weighted by molar-refractivity contribution is 0.0687. The van der Waals surface area contributed by atoms with E-state index in [0.717, 1.165) is 0 Å². The molecule has 24 heavy (non-hydrogen) atoms. The average Bonchev–Trinajstić information content (AvgIpc) is 2.54. The first kappa shape index (κ1) is 15.8. The molecule has 0 spiro atoms. The monoisotopic (exact) mass is 342 g/mol. The largest absolute Gasteiger partial charge is 0.478 e. The number of aromatic carboxylic acids is 2. The van der Waals surface area contributed by atoms with Crippen molar-refractivity contribution in [3.05, 3.63) is 64.8 Å². The van der Waals surface area contributed by atoms with E-state index in [1.165, 1.54) is 12.3 Å². The standard InChI is InChI=1S/C17H11ClN2O4/c18-9-5-6-10-14(7-9)19-8-12(17(23)24)15(10)20-13-4-2-1-3-11(13)16(21)22/h1-8H,(H,19,20)(H,21,22)(H,23,24). The van der Waals surface area contributed by atoms with Gasteiger partial charge < -0.3 is 15.5 Å². The summed E-state index contributed by atoms with van der Waals surface area (Å²) in [6.45, 7) is 0. The Bertz CT molecular complexity index is 972. The van der Waals surface area contributed by atoms with Gasteiger partial charge in [0.25, 0.3) is 0 Å². The maximum Gasteiger partial charge on any atom is 0.339 e. The number of rotatable bonds is 4. The first-order valence-electron chi connectivity index (χ1n) is 6.88. The third-order valence-corrected chi connectivity index (χ3v) is 3.71. The summed E-state index contributed by atoms with van der Waals surface area (Å²) < 4.78 is 0. The fourth-order valence-corrected chi connectivity index (χ4v) is 2.54. The molecule has 0 atom stereocenters. The second-order valence-electron chi connectivity index (χ2n) is 4.99. The second kappa shape index (κ2) is 6.17. The van der Waals surface area contributed by atoms with Crippen molar-refractivity contribution in [3.63, 3.8) is 0 Å². The van der Waals surface area contributed by atoms with Gasteiger partial charge in [-0.3, -0.25) is 4.98 Å². The molecule has 0 unspecified atom stereocenters. The second-order valence-corrected chi connectivity index (χ2v) is 5.43. The highest BCUT2D eigenvalue weighted by Gasteiger charge is 2.17. The third kappa shape index (κ3) is 2.87. The van der Waals surface area contributed by atoms with Crippen LogP contribution >= 0.6 is 11.6 Å². The summed E-state index contributed by atoms with van der Waals surface area (Å²) in [5, 5.41) is 22.6. The minimum Gasteiger partial charge on any atom is -0.478 e. The Balaban J connectivity index is 2.23. The molecule has 0 amide bonds.